The number of ether oxygens (including phenoxy) is 2. The van der Waals surface area contributed by atoms with E-state index in [4.69, 9.17) is 9.47 Å². The van der Waals surface area contributed by atoms with Crippen LogP contribution in [0, 0.1) is 10.1 Å². The van der Waals surface area contributed by atoms with E-state index in [1.54, 1.807) is 24.3 Å². The van der Waals surface area contributed by atoms with Crippen molar-refractivity contribution >= 4 is 33.7 Å². The lowest BCUT2D eigenvalue weighted by Gasteiger charge is -2.19. The van der Waals surface area contributed by atoms with Gasteiger partial charge in [0.1, 0.15) is 6.61 Å². The molecule has 0 aliphatic heterocycles. The largest absolute Gasteiger partial charge is 0.493 e. The van der Waals surface area contributed by atoms with Crippen molar-refractivity contribution in [2.24, 2.45) is 5.10 Å². The summed E-state index contributed by atoms with van der Waals surface area (Å²) in [5, 5.41) is 14.9. The summed E-state index contributed by atoms with van der Waals surface area (Å²) >= 11 is 3.48. The molecule has 1 N–H and O–H groups in total. The number of nitro groups is 1. The van der Waals surface area contributed by atoms with Gasteiger partial charge in [0.2, 0.25) is 5.91 Å². The molecule has 8 nitrogen and oxygen atoms in total. The van der Waals surface area contributed by atoms with Crippen LogP contribution in [0.1, 0.15) is 43.0 Å². The van der Waals surface area contributed by atoms with Crippen LogP contribution >= 0.6 is 15.9 Å². The summed E-state index contributed by atoms with van der Waals surface area (Å²) in [6, 6.07) is 17.7. The molecule has 0 bridgehead atoms. The molecule has 0 aliphatic carbocycles. The van der Waals surface area contributed by atoms with Gasteiger partial charge in [0, 0.05) is 12.1 Å². The summed E-state index contributed by atoms with van der Waals surface area (Å²) in [4.78, 5) is 22.6. The zero-order valence-electron chi connectivity index (χ0n) is 20.6. The van der Waals surface area contributed by atoms with Gasteiger partial charge >= 0.3 is 0 Å². The normalized spacial score (nSPS) is 11.4. The highest BCUT2D eigenvalue weighted by Gasteiger charge is 2.14. The van der Waals surface area contributed by atoms with Gasteiger partial charge in [0.15, 0.2) is 11.5 Å². The van der Waals surface area contributed by atoms with Crippen LogP contribution in [-0.4, -0.2) is 24.2 Å². The predicted octanol–water partition coefficient (Wildman–Crippen LogP) is 5.94. The molecule has 0 spiro atoms. The Balaban J connectivity index is 1.60. The quantitative estimate of drug-likeness (QED) is 0.201. The monoisotopic (exact) mass is 553 g/mol. The van der Waals surface area contributed by atoms with Crippen molar-refractivity contribution in [1.29, 1.82) is 0 Å². The minimum atomic E-state index is -0.447. The number of benzene rings is 3. The van der Waals surface area contributed by atoms with E-state index in [-0.39, 0.29) is 30.0 Å². The first-order chi connectivity index (χ1) is 17.1. The van der Waals surface area contributed by atoms with Crippen LogP contribution in [0.4, 0.5) is 5.69 Å². The molecule has 0 saturated heterocycles. The van der Waals surface area contributed by atoms with E-state index in [0.29, 0.717) is 21.5 Å². The molecule has 1 amide bonds. The number of carbonyl (C=O) groups is 1. The Bertz CT molecular complexity index is 1250. The maximum absolute atomic E-state index is 12.3. The van der Waals surface area contributed by atoms with Crippen LogP contribution in [0.5, 0.6) is 11.5 Å². The molecule has 3 rings (SSSR count). The van der Waals surface area contributed by atoms with Crippen LogP contribution in [0.15, 0.2) is 70.2 Å². The van der Waals surface area contributed by atoms with Gasteiger partial charge < -0.3 is 9.47 Å². The second-order valence-corrected chi connectivity index (χ2v) is 10.0. The summed E-state index contributed by atoms with van der Waals surface area (Å²) in [5.41, 5.74) is 6.22. The van der Waals surface area contributed by atoms with Crippen molar-refractivity contribution in [3.63, 3.8) is 0 Å². The fourth-order valence-corrected chi connectivity index (χ4v) is 3.92. The van der Waals surface area contributed by atoms with Gasteiger partial charge in [-0.25, -0.2) is 5.43 Å². The first-order valence-electron chi connectivity index (χ1n) is 11.2. The molecule has 36 heavy (non-hydrogen) atoms. The second-order valence-electron chi connectivity index (χ2n) is 9.16. The molecular formula is C27H28BrN3O5. The number of amides is 1. The van der Waals surface area contributed by atoms with Crippen LogP contribution < -0.4 is 14.9 Å². The third-order valence-corrected chi connectivity index (χ3v) is 5.96. The van der Waals surface area contributed by atoms with Crippen LogP contribution in [0.3, 0.4) is 0 Å². The van der Waals surface area contributed by atoms with E-state index in [9.17, 15) is 14.9 Å². The Labute approximate surface area is 218 Å². The van der Waals surface area contributed by atoms with Gasteiger partial charge in [0.05, 0.1) is 29.1 Å². The summed E-state index contributed by atoms with van der Waals surface area (Å²) in [7, 11) is 1.52. The minimum absolute atomic E-state index is 0.0201. The Kier molecular flexibility index (Phi) is 8.82. The molecular weight excluding hydrogens is 526 g/mol. The summed E-state index contributed by atoms with van der Waals surface area (Å²) in [5.74, 6) is 0.734. The lowest BCUT2D eigenvalue weighted by molar-refractivity contribution is -0.384. The fourth-order valence-electron chi connectivity index (χ4n) is 3.35. The molecule has 0 saturated carbocycles. The molecule has 0 heterocycles. The SMILES string of the molecule is COc1cc(/C=N\NC(=O)Cc2ccc(C(C)(C)C)cc2)cc(Br)c1OCc1ccc([N+](=O)[O-])cc1. The number of hydrogen-bond acceptors (Lipinski definition) is 6. The third kappa shape index (κ3) is 7.39. The van der Waals surface area contributed by atoms with Gasteiger partial charge in [0.25, 0.3) is 5.69 Å². The number of hydrazone groups is 1. The summed E-state index contributed by atoms with van der Waals surface area (Å²) in [6.45, 7) is 6.64. The van der Waals surface area contributed by atoms with Crippen molar-refractivity contribution in [2.75, 3.05) is 7.11 Å². The first-order valence-corrected chi connectivity index (χ1v) is 12.0. The van der Waals surface area contributed by atoms with Gasteiger partial charge in [-0.2, -0.15) is 5.10 Å². The number of nitrogens with zero attached hydrogens (tertiary/aromatic N) is 2. The molecule has 3 aromatic carbocycles. The highest BCUT2D eigenvalue weighted by Crippen LogP contribution is 2.37. The lowest BCUT2D eigenvalue weighted by atomic mass is 9.86. The standard InChI is InChI=1S/C27H28BrN3O5/c1-27(2,3)21-9-5-18(6-10-21)15-25(32)30-29-16-20-13-23(28)26(24(14-20)35-4)36-17-19-7-11-22(12-8-19)31(33)34/h5-14,16H,15,17H2,1-4H3,(H,30,32)/b29-16-. The molecule has 0 aliphatic rings. The minimum Gasteiger partial charge on any atom is -0.493 e. The number of nitrogens with one attached hydrogen (secondary N) is 1. The van der Waals surface area contributed by atoms with E-state index < -0.39 is 4.92 Å². The summed E-state index contributed by atoms with van der Waals surface area (Å²) in [6.07, 6.45) is 1.75. The molecule has 0 unspecified atom stereocenters. The van der Waals surface area contributed by atoms with Gasteiger partial charge in [-0.3, -0.25) is 14.9 Å². The number of non-ortho nitro benzene ring substituents is 1. The van der Waals surface area contributed by atoms with Crippen molar-refractivity contribution in [3.05, 3.63) is 97.5 Å². The average molecular weight is 554 g/mol. The van der Waals surface area contributed by atoms with Crippen molar-refractivity contribution < 1.29 is 19.2 Å². The van der Waals surface area contributed by atoms with E-state index in [1.165, 1.54) is 31.0 Å². The Morgan fingerprint density at radius 1 is 1.08 bits per heavy atom. The van der Waals surface area contributed by atoms with E-state index in [0.717, 1.165) is 11.1 Å². The number of nitro benzene ring substituents is 1. The Morgan fingerprint density at radius 3 is 2.31 bits per heavy atom. The highest BCUT2D eigenvalue weighted by molar-refractivity contribution is 9.10. The van der Waals surface area contributed by atoms with Gasteiger partial charge in [-0.15, -0.1) is 0 Å². The number of carbonyl (C=O) groups excluding carboxylic acids is 1. The average Bonchev–Trinajstić information content (AvgIpc) is 2.83. The third-order valence-electron chi connectivity index (χ3n) is 5.37. The van der Waals surface area contributed by atoms with Crippen molar-refractivity contribution in [2.45, 2.75) is 39.2 Å². The highest BCUT2D eigenvalue weighted by atomic mass is 79.9. The maximum Gasteiger partial charge on any atom is 0.269 e. The molecule has 0 radical (unpaired) electrons. The molecule has 188 valence electrons. The second kappa shape index (κ2) is 11.8. The van der Waals surface area contributed by atoms with Crippen molar-refractivity contribution in [1.82, 2.24) is 5.43 Å². The summed E-state index contributed by atoms with van der Waals surface area (Å²) < 4.78 is 12.0. The van der Waals surface area contributed by atoms with Crippen LogP contribution in [0.25, 0.3) is 0 Å². The van der Waals surface area contributed by atoms with Crippen LogP contribution in [-0.2, 0) is 23.2 Å². The number of methoxy groups -OCH3 is 1. The maximum atomic E-state index is 12.3. The predicted molar refractivity (Wildman–Crippen MR) is 143 cm³/mol. The molecule has 0 atom stereocenters. The molecule has 0 aromatic heterocycles. The lowest BCUT2D eigenvalue weighted by Crippen LogP contribution is -2.20. The number of hydrogen-bond donors (Lipinski definition) is 1. The number of halogens is 1. The zero-order chi connectivity index (χ0) is 26.3. The van der Waals surface area contributed by atoms with Gasteiger partial charge in [-0.1, -0.05) is 45.0 Å². The molecule has 9 heteroatoms. The Hall–Kier alpha value is -3.72. The Morgan fingerprint density at radius 2 is 1.72 bits per heavy atom. The molecule has 0 fully saturated rings. The number of rotatable bonds is 9. The topological polar surface area (TPSA) is 103 Å². The van der Waals surface area contributed by atoms with E-state index in [1.807, 2.05) is 24.3 Å². The first kappa shape index (κ1) is 26.9. The van der Waals surface area contributed by atoms with Gasteiger partial charge in [-0.05, 0) is 67.9 Å². The zero-order valence-corrected chi connectivity index (χ0v) is 22.2. The molecule has 3 aromatic rings. The fraction of sp³-hybridized carbons (Fsp3) is 0.259. The van der Waals surface area contributed by atoms with E-state index in [2.05, 4.69) is 47.2 Å². The van der Waals surface area contributed by atoms with E-state index >= 15 is 0 Å². The van der Waals surface area contributed by atoms with Crippen molar-refractivity contribution in [3.8, 4) is 11.5 Å². The van der Waals surface area contributed by atoms with Crippen LogP contribution in [0.2, 0.25) is 0 Å². The smallest absolute Gasteiger partial charge is 0.269 e.